The van der Waals surface area contributed by atoms with E-state index in [-0.39, 0.29) is 5.82 Å². The smallest absolute Gasteiger partial charge is 0.126 e. The van der Waals surface area contributed by atoms with E-state index >= 15 is 0 Å². The molecule has 0 amide bonds. The SMILES string of the molecule is CCCNCC(Cc1ccccc1F)CC(C)C. The first-order valence-electron chi connectivity index (χ1n) is 7.07. The molecule has 0 saturated heterocycles. The number of halogens is 1. The minimum atomic E-state index is -0.0678. The third kappa shape index (κ3) is 5.63. The molecule has 1 aromatic carbocycles. The van der Waals surface area contributed by atoms with Crippen molar-refractivity contribution >= 4 is 0 Å². The van der Waals surface area contributed by atoms with Gasteiger partial charge in [-0.05, 0) is 55.8 Å². The van der Waals surface area contributed by atoms with Gasteiger partial charge in [0, 0.05) is 0 Å². The highest BCUT2D eigenvalue weighted by atomic mass is 19.1. The second kappa shape index (κ2) is 8.25. The first kappa shape index (κ1) is 15.2. The summed E-state index contributed by atoms with van der Waals surface area (Å²) in [4.78, 5) is 0. The zero-order chi connectivity index (χ0) is 13.4. The molecule has 18 heavy (non-hydrogen) atoms. The summed E-state index contributed by atoms with van der Waals surface area (Å²) in [7, 11) is 0. The van der Waals surface area contributed by atoms with Crippen molar-refractivity contribution in [1.29, 1.82) is 0 Å². The Labute approximate surface area is 111 Å². The van der Waals surface area contributed by atoms with Crippen LogP contribution in [0.2, 0.25) is 0 Å². The third-order valence-electron chi connectivity index (χ3n) is 3.13. The van der Waals surface area contributed by atoms with Crippen LogP contribution in [0.15, 0.2) is 24.3 Å². The fraction of sp³-hybridized carbons (Fsp3) is 0.625. The van der Waals surface area contributed by atoms with Gasteiger partial charge in [0.15, 0.2) is 0 Å². The predicted molar refractivity (Wildman–Crippen MR) is 76.2 cm³/mol. The van der Waals surface area contributed by atoms with Crippen LogP contribution in [-0.2, 0) is 6.42 Å². The highest BCUT2D eigenvalue weighted by molar-refractivity contribution is 5.17. The normalized spacial score (nSPS) is 12.9. The zero-order valence-electron chi connectivity index (χ0n) is 11.9. The molecule has 0 radical (unpaired) electrons. The first-order valence-corrected chi connectivity index (χ1v) is 7.07. The lowest BCUT2D eigenvalue weighted by molar-refractivity contribution is 0.381. The molecule has 0 aliphatic rings. The Kier molecular flexibility index (Phi) is 6.96. The third-order valence-corrected chi connectivity index (χ3v) is 3.13. The van der Waals surface area contributed by atoms with Crippen molar-refractivity contribution in [3.8, 4) is 0 Å². The van der Waals surface area contributed by atoms with Crippen LogP contribution >= 0.6 is 0 Å². The number of benzene rings is 1. The van der Waals surface area contributed by atoms with Gasteiger partial charge in [-0.1, -0.05) is 39.0 Å². The second-order valence-electron chi connectivity index (χ2n) is 5.50. The lowest BCUT2D eigenvalue weighted by Crippen LogP contribution is -2.26. The van der Waals surface area contributed by atoms with Crippen LogP contribution in [0.25, 0.3) is 0 Å². The Morgan fingerprint density at radius 3 is 2.56 bits per heavy atom. The maximum absolute atomic E-state index is 13.7. The molecule has 0 aliphatic carbocycles. The van der Waals surface area contributed by atoms with Gasteiger partial charge < -0.3 is 5.32 Å². The maximum atomic E-state index is 13.7. The summed E-state index contributed by atoms with van der Waals surface area (Å²) in [5.74, 6) is 1.11. The van der Waals surface area contributed by atoms with E-state index in [1.807, 2.05) is 12.1 Å². The largest absolute Gasteiger partial charge is 0.316 e. The lowest BCUT2D eigenvalue weighted by Gasteiger charge is -2.20. The van der Waals surface area contributed by atoms with Crippen LogP contribution in [0.4, 0.5) is 4.39 Å². The molecule has 0 bridgehead atoms. The minimum absolute atomic E-state index is 0.0678. The Morgan fingerprint density at radius 2 is 1.94 bits per heavy atom. The Balaban J connectivity index is 2.57. The van der Waals surface area contributed by atoms with Gasteiger partial charge in [0.05, 0.1) is 0 Å². The fourth-order valence-corrected chi connectivity index (χ4v) is 2.36. The highest BCUT2D eigenvalue weighted by Gasteiger charge is 2.13. The van der Waals surface area contributed by atoms with Crippen LogP contribution in [0.5, 0.6) is 0 Å². The van der Waals surface area contributed by atoms with Crippen molar-refractivity contribution in [2.45, 2.75) is 40.0 Å². The van der Waals surface area contributed by atoms with E-state index in [4.69, 9.17) is 0 Å². The van der Waals surface area contributed by atoms with E-state index < -0.39 is 0 Å². The highest BCUT2D eigenvalue weighted by Crippen LogP contribution is 2.18. The summed E-state index contributed by atoms with van der Waals surface area (Å²) in [5.41, 5.74) is 0.849. The molecule has 0 spiro atoms. The zero-order valence-corrected chi connectivity index (χ0v) is 11.9. The van der Waals surface area contributed by atoms with Gasteiger partial charge in [-0.25, -0.2) is 4.39 Å². The van der Waals surface area contributed by atoms with E-state index in [1.165, 1.54) is 0 Å². The van der Waals surface area contributed by atoms with Crippen molar-refractivity contribution < 1.29 is 4.39 Å². The Morgan fingerprint density at radius 1 is 1.22 bits per heavy atom. The molecular weight excluding hydrogens is 225 g/mol. The molecule has 0 heterocycles. The second-order valence-corrected chi connectivity index (χ2v) is 5.50. The van der Waals surface area contributed by atoms with Gasteiger partial charge in [0.1, 0.15) is 5.82 Å². The summed E-state index contributed by atoms with van der Waals surface area (Å²) >= 11 is 0. The van der Waals surface area contributed by atoms with E-state index in [0.717, 1.165) is 37.9 Å². The average molecular weight is 251 g/mol. The summed E-state index contributed by atoms with van der Waals surface area (Å²) in [6.07, 6.45) is 3.13. The minimum Gasteiger partial charge on any atom is -0.316 e. The van der Waals surface area contributed by atoms with Gasteiger partial charge in [-0.2, -0.15) is 0 Å². The molecular formula is C16H26FN. The summed E-state index contributed by atoms with van der Waals surface area (Å²) in [5, 5.41) is 3.46. The van der Waals surface area contributed by atoms with Crippen molar-refractivity contribution in [2.75, 3.05) is 13.1 Å². The number of rotatable bonds is 8. The van der Waals surface area contributed by atoms with Crippen molar-refractivity contribution in [3.05, 3.63) is 35.6 Å². The molecule has 2 heteroatoms. The van der Waals surface area contributed by atoms with Gasteiger partial charge in [-0.3, -0.25) is 0 Å². The molecule has 1 aromatic rings. The molecule has 0 fully saturated rings. The summed E-state index contributed by atoms with van der Waals surface area (Å²) < 4.78 is 13.7. The standard InChI is InChI=1S/C16H26FN/c1-4-9-18-12-14(10-13(2)3)11-15-7-5-6-8-16(15)17/h5-8,13-14,18H,4,9-12H2,1-3H3. The van der Waals surface area contributed by atoms with Crippen molar-refractivity contribution in [3.63, 3.8) is 0 Å². The number of hydrogen-bond donors (Lipinski definition) is 1. The summed E-state index contributed by atoms with van der Waals surface area (Å²) in [6.45, 7) is 8.66. The topological polar surface area (TPSA) is 12.0 Å². The first-order chi connectivity index (χ1) is 8.63. The van der Waals surface area contributed by atoms with Crippen LogP contribution < -0.4 is 5.32 Å². The monoisotopic (exact) mass is 251 g/mol. The molecule has 1 nitrogen and oxygen atoms in total. The number of hydrogen-bond acceptors (Lipinski definition) is 1. The van der Waals surface area contributed by atoms with E-state index in [0.29, 0.717) is 11.8 Å². The average Bonchev–Trinajstić information content (AvgIpc) is 2.31. The lowest BCUT2D eigenvalue weighted by atomic mass is 9.90. The Hall–Kier alpha value is -0.890. The van der Waals surface area contributed by atoms with Crippen LogP contribution in [0, 0.1) is 17.7 Å². The van der Waals surface area contributed by atoms with Crippen molar-refractivity contribution in [1.82, 2.24) is 5.32 Å². The Bertz CT molecular complexity index is 336. The maximum Gasteiger partial charge on any atom is 0.126 e. The van der Waals surface area contributed by atoms with E-state index in [9.17, 15) is 4.39 Å². The van der Waals surface area contributed by atoms with Gasteiger partial charge >= 0.3 is 0 Å². The molecule has 1 atom stereocenters. The summed E-state index contributed by atoms with van der Waals surface area (Å²) in [6, 6.07) is 7.14. The number of nitrogens with one attached hydrogen (secondary N) is 1. The molecule has 0 saturated carbocycles. The van der Waals surface area contributed by atoms with Gasteiger partial charge in [0.25, 0.3) is 0 Å². The fourth-order valence-electron chi connectivity index (χ4n) is 2.36. The van der Waals surface area contributed by atoms with Crippen LogP contribution in [-0.4, -0.2) is 13.1 Å². The predicted octanol–water partition coefficient (Wildman–Crippen LogP) is 4.03. The van der Waals surface area contributed by atoms with Crippen molar-refractivity contribution in [2.24, 2.45) is 11.8 Å². The molecule has 0 aliphatic heterocycles. The van der Waals surface area contributed by atoms with Crippen LogP contribution in [0.3, 0.4) is 0 Å². The molecule has 102 valence electrons. The molecule has 1 rings (SSSR count). The molecule has 1 N–H and O–H groups in total. The molecule has 0 aromatic heterocycles. The van der Waals surface area contributed by atoms with Gasteiger partial charge in [0.2, 0.25) is 0 Å². The van der Waals surface area contributed by atoms with E-state index in [1.54, 1.807) is 12.1 Å². The van der Waals surface area contributed by atoms with E-state index in [2.05, 4.69) is 26.1 Å². The quantitative estimate of drug-likeness (QED) is 0.688. The van der Waals surface area contributed by atoms with Crippen LogP contribution in [0.1, 0.15) is 39.2 Å². The van der Waals surface area contributed by atoms with Gasteiger partial charge in [-0.15, -0.1) is 0 Å². The molecule has 1 unspecified atom stereocenters.